The summed E-state index contributed by atoms with van der Waals surface area (Å²) in [5.41, 5.74) is 1.85. The molecule has 0 aromatic carbocycles. The van der Waals surface area contributed by atoms with Gasteiger partial charge in [-0.3, -0.25) is 0 Å². The third kappa shape index (κ3) is 1.19. The molecular weight excluding hydrogens is 148 g/mol. The number of terminal acetylenes is 1. The molecule has 60 valence electrons. The summed E-state index contributed by atoms with van der Waals surface area (Å²) in [5.74, 6) is 3.11. The molecule has 1 saturated heterocycles. The van der Waals surface area contributed by atoms with Crippen LogP contribution in [0.25, 0.3) is 0 Å². The van der Waals surface area contributed by atoms with Crippen LogP contribution in [0.4, 0.5) is 0 Å². The van der Waals surface area contributed by atoms with Gasteiger partial charge in [0.25, 0.3) is 0 Å². The molecule has 2 heterocycles. The Labute approximate surface area is 72.0 Å². The minimum atomic E-state index is 0.568. The third-order valence-corrected chi connectivity index (χ3v) is 2.12. The zero-order valence-corrected chi connectivity index (χ0v) is 6.75. The van der Waals surface area contributed by atoms with Crippen molar-refractivity contribution >= 4 is 0 Å². The number of nitrogens with one attached hydrogen (secondary N) is 1. The molecule has 0 atom stereocenters. The van der Waals surface area contributed by atoms with E-state index in [1.54, 1.807) is 0 Å². The van der Waals surface area contributed by atoms with Crippen molar-refractivity contribution in [2.45, 2.75) is 5.92 Å². The van der Waals surface area contributed by atoms with E-state index in [9.17, 15) is 0 Å². The summed E-state index contributed by atoms with van der Waals surface area (Å²) in [6, 6.07) is 5.86. The van der Waals surface area contributed by atoms with Crippen molar-refractivity contribution in [1.29, 1.82) is 0 Å². The fourth-order valence-corrected chi connectivity index (χ4v) is 1.26. The van der Waals surface area contributed by atoms with Crippen LogP contribution in [0, 0.1) is 12.3 Å². The van der Waals surface area contributed by atoms with Crippen LogP contribution < -0.4 is 5.32 Å². The average molecular weight is 158 g/mol. The Kier molecular flexibility index (Phi) is 1.81. The molecule has 1 aromatic rings. The highest BCUT2D eigenvalue weighted by atomic mass is 15.0. The van der Waals surface area contributed by atoms with Crippen LogP contribution >= 0.6 is 0 Å². The lowest BCUT2D eigenvalue weighted by Crippen LogP contribution is -2.40. The Hall–Kier alpha value is -1.33. The summed E-state index contributed by atoms with van der Waals surface area (Å²) in [6.07, 6.45) is 5.25. The van der Waals surface area contributed by atoms with Crippen molar-refractivity contribution in [3.63, 3.8) is 0 Å². The molecule has 1 aliphatic heterocycles. The fraction of sp³-hybridized carbons (Fsp3) is 0.300. The van der Waals surface area contributed by atoms with Crippen molar-refractivity contribution in [1.82, 2.24) is 10.3 Å². The molecule has 0 saturated carbocycles. The summed E-state index contributed by atoms with van der Waals surface area (Å²) >= 11 is 0. The molecule has 0 radical (unpaired) electrons. The zero-order chi connectivity index (χ0) is 8.39. The predicted octanol–water partition coefficient (Wildman–Crippen LogP) is 0.750. The molecule has 2 rings (SSSR count). The van der Waals surface area contributed by atoms with E-state index < -0.39 is 0 Å². The molecule has 2 nitrogen and oxygen atoms in total. The van der Waals surface area contributed by atoms with E-state index >= 15 is 0 Å². The molecule has 0 unspecified atom stereocenters. The fourth-order valence-electron chi connectivity index (χ4n) is 1.26. The topological polar surface area (TPSA) is 24.9 Å². The Bertz CT molecular complexity index is 321. The molecule has 0 aliphatic carbocycles. The first-order valence-electron chi connectivity index (χ1n) is 4.04. The minimum Gasteiger partial charge on any atom is -0.315 e. The second kappa shape index (κ2) is 2.96. The van der Waals surface area contributed by atoms with Crippen molar-refractivity contribution in [3.8, 4) is 12.3 Å². The number of rotatable bonds is 1. The highest BCUT2D eigenvalue weighted by Gasteiger charge is 2.19. The van der Waals surface area contributed by atoms with Crippen LogP contribution in [-0.2, 0) is 0 Å². The molecular formula is C10H10N2. The molecule has 1 aromatic heterocycles. The van der Waals surface area contributed by atoms with Crippen LogP contribution in [-0.4, -0.2) is 18.1 Å². The second-order valence-electron chi connectivity index (χ2n) is 2.95. The first kappa shape index (κ1) is 7.33. The van der Waals surface area contributed by atoms with Gasteiger partial charge in [0, 0.05) is 24.7 Å². The lowest BCUT2D eigenvalue weighted by atomic mass is 9.98. The molecule has 0 spiro atoms. The van der Waals surface area contributed by atoms with Gasteiger partial charge in [-0.05, 0) is 12.1 Å². The maximum Gasteiger partial charge on any atom is 0.113 e. The Balaban J connectivity index is 2.27. The van der Waals surface area contributed by atoms with Crippen LogP contribution in [0.2, 0.25) is 0 Å². The van der Waals surface area contributed by atoms with E-state index in [1.807, 2.05) is 18.2 Å². The zero-order valence-electron chi connectivity index (χ0n) is 6.75. The first-order valence-corrected chi connectivity index (χ1v) is 4.04. The molecule has 0 amide bonds. The molecule has 1 aliphatic rings. The lowest BCUT2D eigenvalue weighted by Gasteiger charge is -2.26. The molecule has 12 heavy (non-hydrogen) atoms. The number of hydrogen-bond donors (Lipinski definition) is 1. The van der Waals surface area contributed by atoms with Gasteiger partial charge in [-0.2, -0.15) is 0 Å². The number of pyridine rings is 1. The SMILES string of the molecule is C#Cc1cccc(C2CNC2)n1. The Morgan fingerprint density at radius 1 is 1.50 bits per heavy atom. The van der Waals surface area contributed by atoms with Gasteiger partial charge < -0.3 is 5.32 Å². The highest BCUT2D eigenvalue weighted by molar-refractivity contribution is 5.27. The van der Waals surface area contributed by atoms with Gasteiger partial charge in [0.2, 0.25) is 0 Å². The molecule has 0 bridgehead atoms. The summed E-state index contributed by atoms with van der Waals surface area (Å²) in [4.78, 5) is 4.34. The van der Waals surface area contributed by atoms with Gasteiger partial charge in [-0.25, -0.2) is 4.98 Å². The molecule has 2 heteroatoms. The second-order valence-corrected chi connectivity index (χ2v) is 2.95. The van der Waals surface area contributed by atoms with Gasteiger partial charge in [0.1, 0.15) is 5.69 Å². The van der Waals surface area contributed by atoms with E-state index in [1.165, 1.54) is 0 Å². The van der Waals surface area contributed by atoms with Crippen molar-refractivity contribution in [3.05, 3.63) is 29.6 Å². The van der Waals surface area contributed by atoms with Crippen LogP contribution in [0.15, 0.2) is 18.2 Å². The highest BCUT2D eigenvalue weighted by Crippen LogP contribution is 2.17. The largest absolute Gasteiger partial charge is 0.315 e. The van der Waals surface area contributed by atoms with Crippen molar-refractivity contribution in [2.24, 2.45) is 0 Å². The number of nitrogens with zero attached hydrogens (tertiary/aromatic N) is 1. The van der Waals surface area contributed by atoms with Crippen molar-refractivity contribution in [2.75, 3.05) is 13.1 Å². The third-order valence-electron chi connectivity index (χ3n) is 2.12. The van der Waals surface area contributed by atoms with Gasteiger partial charge in [-0.15, -0.1) is 6.42 Å². The number of aromatic nitrogens is 1. The van der Waals surface area contributed by atoms with E-state index in [0.717, 1.165) is 24.5 Å². The van der Waals surface area contributed by atoms with E-state index in [4.69, 9.17) is 6.42 Å². The van der Waals surface area contributed by atoms with E-state index in [-0.39, 0.29) is 0 Å². The summed E-state index contributed by atoms with van der Waals surface area (Å²) in [5, 5.41) is 3.21. The quantitative estimate of drug-likeness (QED) is 0.610. The predicted molar refractivity (Wildman–Crippen MR) is 47.8 cm³/mol. The lowest BCUT2D eigenvalue weighted by molar-refractivity contribution is 0.439. The van der Waals surface area contributed by atoms with Gasteiger partial charge in [-0.1, -0.05) is 12.0 Å². The summed E-state index contributed by atoms with van der Waals surface area (Å²) in [6.45, 7) is 2.06. The monoisotopic (exact) mass is 158 g/mol. The minimum absolute atomic E-state index is 0.568. The van der Waals surface area contributed by atoms with E-state index in [0.29, 0.717) is 5.92 Å². The van der Waals surface area contributed by atoms with Gasteiger partial charge >= 0.3 is 0 Å². The maximum atomic E-state index is 5.25. The molecule has 1 fully saturated rings. The summed E-state index contributed by atoms with van der Waals surface area (Å²) in [7, 11) is 0. The Morgan fingerprint density at radius 3 is 2.92 bits per heavy atom. The molecule has 1 N–H and O–H groups in total. The average Bonchev–Trinajstić information content (AvgIpc) is 2.02. The summed E-state index contributed by atoms with van der Waals surface area (Å²) < 4.78 is 0. The van der Waals surface area contributed by atoms with E-state index in [2.05, 4.69) is 16.2 Å². The van der Waals surface area contributed by atoms with Gasteiger partial charge in [0.05, 0.1) is 0 Å². The van der Waals surface area contributed by atoms with Crippen LogP contribution in [0.5, 0.6) is 0 Å². The van der Waals surface area contributed by atoms with Crippen LogP contribution in [0.1, 0.15) is 17.3 Å². The smallest absolute Gasteiger partial charge is 0.113 e. The number of hydrogen-bond acceptors (Lipinski definition) is 2. The first-order chi connectivity index (χ1) is 5.90. The standard InChI is InChI=1S/C10H10N2/c1-2-9-4-3-5-10(12-9)8-6-11-7-8/h1,3-5,8,11H,6-7H2. The Morgan fingerprint density at radius 2 is 2.33 bits per heavy atom. The van der Waals surface area contributed by atoms with Crippen LogP contribution in [0.3, 0.4) is 0 Å². The maximum absolute atomic E-state index is 5.25. The normalized spacial score (nSPS) is 16.6. The van der Waals surface area contributed by atoms with Crippen molar-refractivity contribution < 1.29 is 0 Å². The van der Waals surface area contributed by atoms with Gasteiger partial charge in [0.15, 0.2) is 0 Å².